The number of amides is 2. The van der Waals surface area contributed by atoms with Gasteiger partial charge in [-0.15, -0.1) is 11.3 Å². The van der Waals surface area contributed by atoms with Gasteiger partial charge in [-0.3, -0.25) is 10.1 Å². The Bertz CT molecular complexity index is 486. The van der Waals surface area contributed by atoms with E-state index in [1.54, 1.807) is 0 Å². The molecule has 0 spiro atoms. The average molecular weight is 267 g/mol. The Labute approximate surface area is 108 Å². The molecule has 3 rings (SSSR count). The minimum atomic E-state index is -0.840. The van der Waals surface area contributed by atoms with E-state index in [-0.39, 0.29) is 19.1 Å². The number of carbonyl (C=O) groups is 2. The molecule has 7 heteroatoms. The Morgan fingerprint density at radius 1 is 1.39 bits per heavy atom. The summed E-state index contributed by atoms with van der Waals surface area (Å²) in [6, 6.07) is -0.250. The third-order valence-corrected chi connectivity index (χ3v) is 4.40. The Balaban J connectivity index is 1.57. The van der Waals surface area contributed by atoms with Gasteiger partial charge in [0.05, 0.1) is 11.6 Å². The number of nitrogens with zero attached hydrogens (tertiary/aromatic N) is 2. The zero-order valence-corrected chi connectivity index (χ0v) is 10.5. The summed E-state index contributed by atoms with van der Waals surface area (Å²) in [5, 5.41) is 12.1. The molecule has 96 valence electrons. The largest absolute Gasteiger partial charge is 0.481 e. The second kappa shape index (κ2) is 4.24. The summed E-state index contributed by atoms with van der Waals surface area (Å²) in [7, 11) is 0. The molecule has 0 aromatic carbocycles. The lowest BCUT2D eigenvalue weighted by molar-refractivity contribution is -0.145. The maximum absolute atomic E-state index is 11.8. The molecule has 0 saturated carbocycles. The first-order chi connectivity index (χ1) is 8.63. The molecule has 1 aromatic heterocycles. The van der Waals surface area contributed by atoms with Crippen molar-refractivity contribution in [1.29, 1.82) is 0 Å². The minimum absolute atomic E-state index is 0.250. The van der Waals surface area contributed by atoms with Crippen LogP contribution in [-0.2, 0) is 17.6 Å². The number of aryl methyl sites for hydroxylation is 2. The fourth-order valence-corrected chi connectivity index (χ4v) is 3.25. The van der Waals surface area contributed by atoms with Gasteiger partial charge in [0, 0.05) is 18.0 Å². The van der Waals surface area contributed by atoms with Crippen molar-refractivity contribution >= 4 is 28.5 Å². The fourth-order valence-electron chi connectivity index (χ4n) is 2.21. The Morgan fingerprint density at radius 2 is 2.17 bits per heavy atom. The highest BCUT2D eigenvalue weighted by molar-refractivity contribution is 7.15. The maximum atomic E-state index is 11.8. The van der Waals surface area contributed by atoms with Crippen LogP contribution in [0.2, 0.25) is 0 Å². The molecule has 2 N–H and O–H groups in total. The normalized spacial score (nSPS) is 18.3. The Morgan fingerprint density at radius 3 is 2.83 bits per heavy atom. The number of aromatic nitrogens is 1. The van der Waals surface area contributed by atoms with Crippen LogP contribution in [0.4, 0.5) is 9.93 Å². The van der Waals surface area contributed by atoms with Gasteiger partial charge in [-0.05, 0) is 19.3 Å². The summed E-state index contributed by atoms with van der Waals surface area (Å²) in [5.41, 5.74) is 1.10. The number of urea groups is 1. The van der Waals surface area contributed by atoms with E-state index in [4.69, 9.17) is 5.11 Å². The summed E-state index contributed by atoms with van der Waals surface area (Å²) in [5.74, 6) is -1.26. The lowest BCUT2D eigenvalue weighted by Gasteiger charge is -2.36. The molecule has 0 radical (unpaired) electrons. The number of carboxylic acid groups (broad SMARTS) is 1. The number of aliphatic carboxylic acids is 1. The van der Waals surface area contributed by atoms with E-state index in [0.717, 1.165) is 25.0 Å². The smallest absolute Gasteiger partial charge is 0.323 e. The molecule has 6 nitrogen and oxygen atoms in total. The number of hydrogen-bond acceptors (Lipinski definition) is 4. The highest BCUT2D eigenvalue weighted by atomic mass is 32.1. The van der Waals surface area contributed by atoms with E-state index < -0.39 is 11.9 Å². The van der Waals surface area contributed by atoms with Crippen molar-refractivity contribution in [1.82, 2.24) is 9.88 Å². The first-order valence-corrected chi connectivity index (χ1v) is 6.72. The molecule has 1 aliphatic carbocycles. The van der Waals surface area contributed by atoms with Crippen LogP contribution in [0.15, 0.2) is 0 Å². The predicted molar refractivity (Wildman–Crippen MR) is 65.9 cm³/mol. The monoisotopic (exact) mass is 267 g/mol. The molecule has 2 amide bonds. The average Bonchev–Trinajstić information content (AvgIpc) is 2.73. The van der Waals surface area contributed by atoms with Crippen LogP contribution in [0, 0.1) is 5.92 Å². The molecule has 2 aliphatic rings. The number of hydrogen-bond donors (Lipinski definition) is 2. The van der Waals surface area contributed by atoms with Gasteiger partial charge in [-0.1, -0.05) is 0 Å². The van der Waals surface area contributed by atoms with Crippen molar-refractivity contribution < 1.29 is 14.7 Å². The summed E-state index contributed by atoms with van der Waals surface area (Å²) in [4.78, 5) is 29.5. The van der Waals surface area contributed by atoms with Gasteiger partial charge in [-0.25, -0.2) is 9.78 Å². The second-order valence-electron chi connectivity index (χ2n) is 4.61. The van der Waals surface area contributed by atoms with Crippen molar-refractivity contribution in [3.8, 4) is 0 Å². The molecule has 18 heavy (non-hydrogen) atoms. The van der Waals surface area contributed by atoms with Gasteiger partial charge in [0.15, 0.2) is 5.13 Å². The standard InChI is InChI=1S/C11H13N3O3S/c15-9(16)6-4-14(5-6)11(17)13-10-12-7-2-1-3-8(7)18-10/h6H,1-5H2,(H,15,16)(H,12,13,17). The topological polar surface area (TPSA) is 82.5 Å². The Hall–Kier alpha value is -1.63. The van der Waals surface area contributed by atoms with E-state index in [1.165, 1.54) is 21.1 Å². The molecule has 1 aliphatic heterocycles. The maximum Gasteiger partial charge on any atom is 0.323 e. The molecular formula is C11H13N3O3S. The molecule has 1 saturated heterocycles. The number of carboxylic acids is 1. The first kappa shape index (κ1) is 11.5. The number of carbonyl (C=O) groups excluding carboxylic acids is 1. The van der Waals surface area contributed by atoms with Crippen LogP contribution in [-0.4, -0.2) is 40.1 Å². The number of likely N-dealkylation sites (tertiary alicyclic amines) is 1. The van der Waals surface area contributed by atoms with Crippen LogP contribution in [0.25, 0.3) is 0 Å². The van der Waals surface area contributed by atoms with Crippen LogP contribution in [0.5, 0.6) is 0 Å². The van der Waals surface area contributed by atoms with Gasteiger partial charge in [0.25, 0.3) is 0 Å². The highest BCUT2D eigenvalue weighted by Crippen LogP contribution is 2.30. The van der Waals surface area contributed by atoms with E-state index >= 15 is 0 Å². The summed E-state index contributed by atoms with van der Waals surface area (Å²) < 4.78 is 0. The highest BCUT2D eigenvalue weighted by Gasteiger charge is 2.36. The Kier molecular flexibility index (Phi) is 2.70. The summed E-state index contributed by atoms with van der Waals surface area (Å²) >= 11 is 1.52. The molecule has 0 atom stereocenters. The molecule has 1 fully saturated rings. The molecule has 1 aromatic rings. The zero-order chi connectivity index (χ0) is 12.7. The first-order valence-electron chi connectivity index (χ1n) is 5.91. The van der Waals surface area contributed by atoms with Crippen LogP contribution >= 0.6 is 11.3 Å². The van der Waals surface area contributed by atoms with Gasteiger partial charge in [0.1, 0.15) is 0 Å². The minimum Gasteiger partial charge on any atom is -0.481 e. The van der Waals surface area contributed by atoms with Crippen LogP contribution < -0.4 is 5.32 Å². The molecule has 2 heterocycles. The lowest BCUT2D eigenvalue weighted by Crippen LogP contribution is -2.54. The van der Waals surface area contributed by atoms with Gasteiger partial charge in [-0.2, -0.15) is 0 Å². The van der Waals surface area contributed by atoms with Crippen molar-refractivity contribution in [3.05, 3.63) is 10.6 Å². The molecule has 0 unspecified atom stereocenters. The molecular weight excluding hydrogens is 254 g/mol. The predicted octanol–water partition coefficient (Wildman–Crippen LogP) is 1.18. The quantitative estimate of drug-likeness (QED) is 0.843. The van der Waals surface area contributed by atoms with Gasteiger partial charge < -0.3 is 10.0 Å². The van der Waals surface area contributed by atoms with Crippen molar-refractivity contribution in [2.24, 2.45) is 5.92 Å². The van der Waals surface area contributed by atoms with Crippen molar-refractivity contribution in [3.63, 3.8) is 0 Å². The van der Waals surface area contributed by atoms with Crippen LogP contribution in [0.1, 0.15) is 17.0 Å². The third-order valence-electron chi connectivity index (χ3n) is 3.33. The number of thiazole rings is 1. The summed E-state index contributed by atoms with van der Waals surface area (Å²) in [6.45, 7) is 0.568. The van der Waals surface area contributed by atoms with Gasteiger partial charge >= 0.3 is 12.0 Å². The van der Waals surface area contributed by atoms with Gasteiger partial charge in [0.2, 0.25) is 0 Å². The zero-order valence-electron chi connectivity index (χ0n) is 9.68. The van der Waals surface area contributed by atoms with E-state index in [1.807, 2.05) is 0 Å². The number of fused-ring (bicyclic) bond motifs is 1. The van der Waals surface area contributed by atoms with Crippen molar-refractivity contribution in [2.75, 3.05) is 18.4 Å². The fraction of sp³-hybridized carbons (Fsp3) is 0.545. The number of anilines is 1. The van der Waals surface area contributed by atoms with E-state index in [2.05, 4.69) is 10.3 Å². The van der Waals surface area contributed by atoms with Crippen LogP contribution in [0.3, 0.4) is 0 Å². The number of rotatable bonds is 2. The second-order valence-corrected chi connectivity index (χ2v) is 5.70. The van der Waals surface area contributed by atoms with Crippen molar-refractivity contribution in [2.45, 2.75) is 19.3 Å². The SMILES string of the molecule is O=C(O)C1CN(C(=O)Nc2nc3c(s2)CCC3)C1. The lowest BCUT2D eigenvalue weighted by atomic mass is 10.0. The van der Waals surface area contributed by atoms with E-state index in [0.29, 0.717) is 5.13 Å². The number of nitrogens with one attached hydrogen (secondary N) is 1. The molecule has 0 bridgehead atoms. The summed E-state index contributed by atoms with van der Waals surface area (Å²) in [6.07, 6.45) is 3.19. The third kappa shape index (κ3) is 1.94. The van der Waals surface area contributed by atoms with E-state index in [9.17, 15) is 9.59 Å².